The smallest absolute Gasteiger partial charge is 0.257 e. The lowest BCUT2D eigenvalue weighted by Gasteiger charge is -2.16. The van der Waals surface area contributed by atoms with Crippen LogP contribution >= 0.6 is 0 Å². The molecule has 2 aromatic rings. The summed E-state index contributed by atoms with van der Waals surface area (Å²) in [5, 5.41) is 0. The average molecular weight is 284 g/mol. The maximum Gasteiger partial charge on any atom is 0.257 e. The van der Waals surface area contributed by atoms with E-state index in [1.807, 2.05) is 30.0 Å². The molecule has 0 bridgehead atoms. The second kappa shape index (κ2) is 5.74. The number of benzene rings is 1. The van der Waals surface area contributed by atoms with Crippen molar-refractivity contribution >= 4 is 5.91 Å². The fourth-order valence-electron chi connectivity index (χ4n) is 3.13. The number of rotatable bonds is 3. The lowest BCUT2D eigenvalue weighted by atomic mass is 9.89. The molecule has 1 aliphatic rings. The zero-order chi connectivity index (χ0) is 14.8. The van der Waals surface area contributed by atoms with Gasteiger partial charge in [-0.1, -0.05) is 30.3 Å². The average Bonchev–Trinajstić information content (AvgIpc) is 3.13. The molecular formula is C17H20N2O2. The SMILES string of the molecule is Cc1occc1C(=O)N1C[C@@H](CN)[C@H](c2ccccc2)C1. The third-order valence-electron chi connectivity index (χ3n) is 4.35. The fourth-order valence-corrected chi connectivity index (χ4v) is 3.13. The Kier molecular flexibility index (Phi) is 3.80. The molecule has 1 aromatic carbocycles. The Bertz CT molecular complexity index is 621. The number of hydrogen-bond acceptors (Lipinski definition) is 3. The first-order valence-electron chi connectivity index (χ1n) is 7.29. The molecular weight excluding hydrogens is 264 g/mol. The molecule has 1 amide bonds. The van der Waals surface area contributed by atoms with Crippen LogP contribution in [0.1, 0.15) is 27.6 Å². The molecule has 3 rings (SSSR count). The van der Waals surface area contributed by atoms with Crippen molar-refractivity contribution in [1.82, 2.24) is 4.90 Å². The quantitative estimate of drug-likeness (QED) is 0.941. The van der Waals surface area contributed by atoms with Crippen molar-refractivity contribution in [3.8, 4) is 0 Å². The molecule has 4 heteroatoms. The monoisotopic (exact) mass is 284 g/mol. The van der Waals surface area contributed by atoms with Gasteiger partial charge in [0.1, 0.15) is 5.76 Å². The number of hydrogen-bond donors (Lipinski definition) is 1. The highest BCUT2D eigenvalue weighted by molar-refractivity contribution is 5.95. The van der Waals surface area contributed by atoms with E-state index in [2.05, 4.69) is 12.1 Å². The Morgan fingerprint density at radius 1 is 1.29 bits per heavy atom. The minimum atomic E-state index is 0.0399. The van der Waals surface area contributed by atoms with E-state index in [1.165, 1.54) is 5.56 Å². The van der Waals surface area contributed by atoms with Crippen molar-refractivity contribution in [2.45, 2.75) is 12.8 Å². The summed E-state index contributed by atoms with van der Waals surface area (Å²) in [6, 6.07) is 12.1. The lowest BCUT2D eigenvalue weighted by Crippen LogP contribution is -2.30. The number of nitrogens with zero attached hydrogens (tertiary/aromatic N) is 1. The number of carbonyl (C=O) groups excluding carboxylic acids is 1. The Morgan fingerprint density at radius 2 is 2.05 bits per heavy atom. The zero-order valence-corrected chi connectivity index (χ0v) is 12.2. The van der Waals surface area contributed by atoms with Gasteiger partial charge in [-0.15, -0.1) is 0 Å². The van der Waals surface area contributed by atoms with Crippen molar-refractivity contribution in [3.05, 3.63) is 59.5 Å². The van der Waals surface area contributed by atoms with Gasteiger partial charge in [0.25, 0.3) is 5.91 Å². The van der Waals surface area contributed by atoms with Gasteiger partial charge in [0.15, 0.2) is 0 Å². The van der Waals surface area contributed by atoms with Crippen molar-refractivity contribution in [2.24, 2.45) is 11.7 Å². The summed E-state index contributed by atoms with van der Waals surface area (Å²) in [4.78, 5) is 14.5. The third-order valence-corrected chi connectivity index (χ3v) is 4.35. The van der Waals surface area contributed by atoms with Crippen LogP contribution in [0.15, 0.2) is 47.1 Å². The normalized spacial score (nSPS) is 21.7. The van der Waals surface area contributed by atoms with Crippen LogP contribution in [0.3, 0.4) is 0 Å². The van der Waals surface area contributed by atoms with Gasteiger partial charge in [-0.3, -0.25) is 4.79 Å². The second-order valence-electron chi connectivity index (χ2n) is 5.61. The van der Waals surface area contributed by atoms with Crippen LogP contribution < -0.4 is 5.73 Å². The number of likely N-dealkylation sites (tertiary alicyclic amines) is 1. The summed E-state index contributed by atoms with van der Waals surface area (Å²) in [5.41, 5.74) is 7.82. The summed E-state index contributed by atoms with van der Waals surface area (Å²) < 4.78 is 5.24. The molecule has 110 valence electrons. The molecule has 21 heavy (non-hydrogen) atoms. The third kappa shape index (κ3) is 2.59. The van der Waals surface area contributed by atoms with E-state index in [-0.39, 0.29) is 5.91 Å². The molecule has 1 fully saturated rings. The van der Waals surface area contributed by atoms with Crippen LogP contribution in [0, 0.1) is 12.8 Å². The van der Waals surface area contributed by atoms with E-state index >= 15 is 0 Å². The molecule has 0 saturated carbocycles. The van der Waals surface area contributed by atoms with E-state index in [9.17, 15) is 4.79 Å². The molecule has 0 unspecified atom stereocenters. The first kappa shape index (κ1) is 13.9. The van der Waals surface area contributed by atoms with Gasteiger partial charge in [0.2, 0.25) is 0 Å². The van der Waals surface area contributed by atoms with Gasteiger partial charge >= 0.3 is 0 Å². The molecule has 1 aliphatic heterocycles. The van der Waals surface area contributed by atoms with Crippen LogP contribution in [0.25, 0.3) is 0 Å². The van der Waals surface area contributed by atoms with E-state index in [4.69, 9.17) is 10.2 Å². The lowest BCUT2D eigenvalue weighted by molar-refractivity contribution is 0.0784. The minimum absolute atomic E-state index is 0.0399. The Labute approximate surface area is 124 Å². The molecule has 4 nitrogen and oxygen atoms in total. The first-order chi connectivity index (χ1) is 10.2. The molecule has 2 N–H and O–H groups in total. The summed E-state index contributed by atoms with van der Waals surface area (Å²) in [6.45, 7) is 3.83. The summed E-state index contributed by atoms with van der Waals surface area (Å²) in [6.07, 6.45) is 1.56. The van der Waals surface area contributed by atoms with Crippen molar-refractivity contribution in [1.29, 1.82) is 0 Å². The highest BCUT2D eigenvalue weighted by Crippen LogP contribution is 2.33. The maximum absolute atomic E-state index is 12.6. The Hall–Kier alpha value is -2.07. The van der Waals surface area contributed by atoms with E-state index in [0.29, 0.717) is 36.2 Å². The van der Waals surface area contributed by atoms with Crippen molar-refractivity contribution in [3.63, 3.8) is 0 Å². The zero-order valence-electron chi connectivity index (χ0n) is 12.2. The first-order valence-corrected chi connectivity index (χ1v) is 7.29. The number of nitrogens with two attached hydrogens (primary N) is 1. The van der Waals surface area contributed by atoms with Gasteiger partial charge in [-0.25, -0.2) is 0 Å². The van der Waals surface area contributed by atoms with E-state index < -0.39 is 0 Å². The van der Waals surface area contributed by atoms with Gasteiger partial charge in [0.05, 0.1) is 11.8 Å². The fraction of sp³-hybridized carbons (Fsp3) is 0.353. The standard InChI is InChI=1S/C17H20N2O2/c1-12-15(7-8-21-12)17(20)19-10-14(9-18)16(11-19)13-5-3-2-4-6-13/h2-8,14,16H,9-11,18H2,1H3/t14-,16+/m1/s1. The molecule has 1 aromatic heterocycles. The largest absolute Gasteiger partial charge is 0.469 e. The summed E-state index contributed by atoms with van der Waals surface area (Å²) >= 11 is 0. The van der Waals surface area contributed by atoms with Crippen LogP contribution in [-0.2, 0) is 0 Å². The summed E-state index contributed by atoms with van der Waals surface area (Å²) in [5.74, 6) is 1.33. The van der Waals surface area contributed by atoms with Crippen molar-refractivity contribution in [2.75, 3.05) is 19.6 Å². The van der Waals surface area contributed by atoms with Crippen LogP contribution in [0.2, 0.25) is 0 Å². The molecule has 2 atom stereocenters. The predicted molar refractivity (Wildman–Crippen MR) is 81.1 cm³/mol. The molecule has 0 aliphatic carbocycles. The van der Waals surface area contributed by atoms with Crippen LogP contribution in [-0.4, -0.2) is 30.4 Å². The maximum atomic E-state index is 12.6. The van der Waals surface area contributed by atoms with Crippen molar-refractivity contribution < 1.29 is 9.21 Å². The highest BCUT2D eigenvalue weighted by Gasteiger charge is 2.36. The van der Waals surface area contributed by atoms with Gasteiger partial charge < -0.3 is 15.1 Å². The van der Waals surface area contributed by atoms with E-state index in [0.717, 1.165) is 6.54 Å². The van der Waals surface area contributed by atoms with Gasteiger partial charge in [0, 0.05) is 19.0 Å². The molecule has 1 saturated heterocycles. The molecule has 0 spiro atoms. The van der Waals surface area contributed by atoms with Gasteiger partial charge in [-0.05, 0) is 31.0 Å². The van der Waals surface area contributed by atoms with Crippen LogP contribution in [0.4, 0.5) is 0 Å². The van der Waals surface area contributed by atoms with E-state index in [1.54, 1.807) is 12.3 Å². The predicted octanol–water partition coefficient (Wildman–Crippen LogP) is 2.40. The Balaban J connectivity index is 1.81. The number of amides is 1. The number of furan rings is 1. The number of carbonyl (C=O) groups is 1. The minimum Gasteiger partial charge on any atom is -0.469 e. The molecule has 0 radical (unpaired) electrons. The Morgan fingerprint density at radius 3 is 2.67 bits per heavy atom. The number of aryl methyl sites for hydroxylation is 1. The van der Waals surface area contributed by atoms with Crippen LogP contribution in [0.5, 0.6) is 0 Å². The summed E-state index contributed by atoms with van der Waals surface area (Å²) in [7, 11) is 0. The molecule has 2 heterocycles. The highest BCUT2D eigenvalue weighted by atomic mass is 16.3. The van der Waals surface area contributed by atoms with Gasteiger partial charge in [-0.2, -0.15) is 0 Å². The topological polar surface area (TPSA) is 59.5 Å². The second-order valence-corrected chi connectivity index (χ2v) is 5.61.